The molecule has 0 heterocycles. The number of benzene rings is 1. The van der Waals surface area contributed by atoms with Crippen LogP contribution < -0.4 is 0 Å². The van der Waals surface area contributed by atoms with Crippen LogP contribution >= 0.6 is 0 Å². The molecule has 0 saturated carbocycles. The second kappa shape index (κ2) is 5.50. The summed E-state index contributed by atoms with van der Waals surface area (Å²) >= 11 is 0. The van der Waals surface area contributed by atoms with Gasteiger partial charge in [-0.25, -0.2) is 0 Å². The zero-order valence-electron chi connectivity index (χ0n) is 9.30. The van der Waals surface area contributed by atoms with E-state index in [1.54, 1.807) is 0 Å². The van der Waals surface area contributed by atoms with Gasteiger partial charge in [0.15, 0.2) is 0 Å². The van der Waals surface area contributed by atoms with Gasteiger partial charge in [0, 0.05) is 12.0 Å². The lowest BCUT2D eigenvalue weighted by molar-refractivity contribution is 0.676. The van der Waals surface area contributed by atoms with Crippen molar-refractivity contribution in [2.75, 3.05) is 0 Å². The van der Waals surface area contributed by atoms with Gasteiger partial charge in [-0.1, -0.05) is 44.7 Å². The Bertz CT molecular complexity index is 319. The average molecular weight is 186 g/mol. The van der Waals surface area contributed by atoms with Crippen molar-refractivity contribution in [3.63, 3.8) is 0 Å². The zero-order valence-corrected chi connectivity index (χ0v) is 9.30. The third-order valence-corrected chi connectivity index (χ3v) is 2.11. The topological polar surface area (TPSA) is 0 Å². The van der Waals surface area contributed by atoms with Gasteiger partial charge in [0.2, 0.25) is 0 Å². The predicted octanol–water partition coefficient (Wildman–Crippen LogP) is 3.65. The molecule has 0 aromatic heterocycles. The minimum absolute atomic E-state index is 0.664. The lowest BCUT2D eigenvalue weighted by Gasteiger charge is -1.96. The number of hydrogen-bond acceptors (Lipinski definition) is 0. The molecule has 0 heteroatoms. The Hall–Kier alpha value is -1.22. The highest BCUT2D eigenvalue weighted by molar-refractivity contribution is 5.36. The van der Waals surface area contributed by atoms with Gasteiger partial charge in [0.05, 0.1) is 0 Å². The first-order valence-corrected chi connectivity index (χ1v) is 5.30. The fourth-order valence-corrected chi connectivity index (χ4v) is 1.18. The van der Waals surface area contributed by atoms with Crippen LogP contribution in [-0.2, 0) is 6.42 Å². The monoisotopic (exact) mass is 186 g/mol. The lowest BCUT2D eigenvalue weighted by Crippen LogP contribution is -1.83. The predicted molar refractivity (Wildman–Crippen MR) is 62.2 cm³/mol. The summed E-state index contributed by atoms with van der Waals surface area (Å²) in [6, 6.07) is 8.51. The molecule has 0 aliphatic carbocycles. The normalized spacial score (nSPS) is 9.71. The Labute approximate surface area is 87.4 Å². The summed E-state index contributed by atoms with van der Waals surface area (Å²) in [6.45, 7) is 6.54. The highest BCUT2D eigenvalue weighted by Gasteiger charge is 1.89. The molecular formula is C14H18. The van der Waals surface area contributed by atoms with E-state index in [1.807, 2.05) is 0 Å². The second-order valence-electron chi connectivity index (χ2n) is 3.95. The summed E-state index contributed by atoms with van der Waals surface area (Å²) in [7, 11) is 0. The van der Waals surface area contributed by atoms with Crippen LogP contribution in [0.25, 0.3) is 0 Å². The van der Waals surface area contributed by atoms with Crippen LogP contribution in [0.2, 0.25) is 0 Å². The van der Waals surface area contributed by atoms with E-state index in [0.29, 0.717) is 5.92 Å². The van der Waals surface area contributed by atoms with Crippen molar-refractivity contribution >= 4 is 0 Å². The SMILES string of the molecule is CCc1ccc(C#CCC(C)C)cc1. The first kappa shape index (κ1) is 10.9. The van der Waals surface area contributed by atoms with E-state index in [1.165, 1.54) is 5.56 Å². The van der Waals surface area contributed by atoms with Crippen molar-refractivity contribution in [1.29, 1.82) is 0 Å². The van der Waals surface area contributed by atoms with Crippen LogP contribution in [0.15, 0.2) is 24.3 Å². The fraction of sp³-hybridized carbons (Fsp3) is 0.429. The molecule has 0 radical (unpaired) electrons. The molecule has 0 unspecified atom stereocenters. The lowest BCUT2D eigenvalue weighted by atomic mass is 10.1. The molecule has 0 bridgehead atoms. The summed E-state index contributed by atoms with van der Waals surface area (Å²) in [6.07, 6.45) is 2.08. The van der Waals surface area contributed by atoms with Gasteiger partial charge in [0.25, 0.3) is 0 Å². The van der Waals surface area contributed by atoms with Crippen LogP contribution in [0.5, 0.6) is 0 Å². The number of rotatable bonds is 2. The molecule has 0 N–H and O–H groups in total. The number of aryl methyl sites for hydroxylation is 1. The van der Waals surface area contributed by atoms with Crippen molar-refractivity contribution in [3.05, 3.63) is 35.4 Å². The van der Waals surface area contributed by atoms with Crippen LogP contribution in [-0.4, -0.2) is 0 Å². The van der Waals surface area contributed by atoms with E-state index in [-0.39, 0.29) is 0 Å². The van der Waals surface area contributed by atoms with E-state index in [0.717, 1.165) is 18.4 Å². The van der Waals surface area contributed by atoms with E-state index in [9.17, 15) is 0 Å². The Balaban J connectivity index is 2.62. The van der Waals surface area contributed by atoms with Crippen molar-refractivity contribution in [2.24, 2.45) is 5.92 Å². The summed E-state index contributed by atoms with van der Waals surface area (Å²) in [4.78, 5) is 0. The Morgan fingerprint density at radius 2 is 1.79 bits per heavy atom. The summed E-state index contributed by atoms with van der Waals surface area (Å²) in [5.41, 5.74) is 2.50. The van der Waals surface area contributed by atoms with E-state index in [4.69, 9.17) is 0 Å². The van der Waals surface area contributed by atoms with Gasteiger partial charge in [-0.05, 0) is 30.0 Å². The van der Waals surface area contributed by atoms with E-state index in [2.05, 4.69) is 56.9 Å². The third-order valence-electron chi connectivity index (χ3n) is 2.11. The van der Waals surface area contributed by atoms with Gasteiger partial charge in [-0.3, -0.25) is 0 Å². The van der Waals surface area contributed by atoms with Gasteiger partial charge < -0.3 is 0 Å². The smallest absolute Gasteiger partial charge is 0.0245 e. The number of hydrogen-bond donors (Lipinski definition) is 0. The van der Waals surface area contributed by atoms with Crippen molar-refractivity contribution in [2.45, 2.75) is 33.6 Å². The maximum atomic E-state index is 3.19. The molecule has 1 aromatic rings. The van der Waals surface area contributed by atoms with Crippen LogP contribution in [0.3, 0.4) is 0 Å². The van der Waals surface area contributed by atoms with Gasteiger partial charge >= 0.3 is 0 Å². The molecule has 74 valence electrons. The minimum atomic E-state index is 0.664. The quantitative estimate of drug-likeness (QED) is 0.618. The van der Waals surface area contributed by atoms with Crippen LogP contribution in [0, 0.1) is 17.8 Å². The molecule has 0 fully saturated rings. The highest BCUT2D eigenvalue weighted by atomic mass is 13.9. The molecule has 0 nitrogen and oxygen atoms in total. The second-order valence-corrected chi connectivity index (χ2v) is 3.95. The van der Waals surface area contributed by atoms with E-state index >= 15 is 0 Å². The maximum Gasteiger partial charge on any atom is 0.0245 e. The molecule has 0 atom stereocenters. The Morgan fingerprint density at radius 3 is 2.29 bits per heavy atom. The maximum absolute atomic E-state index is 3.19. The largest absolute Gasteiger partial charge is 0.0976 e. The zero-order chi connectivity index (χ0) is 10.4. The Kier molecular flexibility index (Phi) is 4.26. The van der Waals surface area contributed by atoms with Crippen molar-refractivity contribution in [3.8, 4) is 11.8 Å². The minimum Gasteiger partial charge on any atom is -0.0976 e. The molecule has 0 spiro atoms. The van der Waals surface area contributed by atoms with Crippen molar-refractivity contribution in [1.82, 2.24) is 0 Å². The van der Waals surface area contributed by atoms with Gasteiger partial charge in [-0.2, -0.15) is 0 Å². The molecule has 1 aromatic carbocycles. The first-order valence-electron chi connectivity index (χ1n) is 5.30. The van der Waals surface area contributed by atoms with Gasteiger partial charge in [0.1, 0.15) is 0 Å². The van der Waals surface area contributed by atoms with Crippen LogP contribution in [0.1, 0.15) is 38.3 Å². The van der Waals surface area contributed by atoms with Gasteiger partial charge in [-0.15, -0.1) is 0 Å². The third kappa shape index (κ3) is 3.66. The average Bonchev–Trinajstić information content (AvgIpc) is 2.18. The molecule has 0 amide bonds. The fourth-order valence-electron chi connectivity index (χ4n) is 1.18. The highest BCUT2D eigenvalue weighted by Crippen LogP contribution is 2.04. The summed E-state index contributed by atoms with van der Waals surface area (Å²) in [5, 5.41) is 0. The Morgan fingerprint density at radius 1 is 1.14 bits per heavy atom. The molecular weight excluding hydrogens is 168 g/mol. The van der Waals surface area contributed by atoms with Crippen molar-refractivity contribution < 1.29 is 0 Å². The van der Waals surface area contributed by atoms with Crippen LogP contribution in [0.4, 0.5) is 0 Å². The summed E-state index contributed by atoms with van der Waals surface area (Å²) in [5.74, 6) is 7.03. The molecule has 14 heavy (non-hydrogen) atoms. The molecule has 0 saturated heterocycles. The summed E-state index contributed by atoms with van der Waals surface area (Å²) < 4.78 is 0. The standard InChI is InChI=1S/C14H18/c1-4-13-8-10-14(11-9-13)7-5-6-12(2)3/h8-12H,4,6H2,1-3H3. The molecule has 0 aliphatic heterocycles. The molecule has 1 rings (SSSR count). The van der Waals surface area contributed by atoms with E-state index < -0.39 is 0 Å². The first-order chi connectivity index (χ1) is 6.72. The molecule has 0 aliphatic rings.